The summed E-state index contributed by atoms with van der Waals surface area (Å²) in [5.74, 6) is 0.935. The average molecular weight is 560 g/mol. The maximum atomic E-state index is 5.68. The number of allylic oxidation sites excluding steroid dienone is 4. The zero-order valence-electron chi connectivity index (χ0n) is 30.7. The fourth-order valence-electron chi connectivity index (χ4n) is 2.14. The highest BCUT2D eigenvalue weighted by atomic mass is 14.6. The fourth-order valence-corrected chi connectivity index (χ4v) is 2.14. The first-order chi connectivity index (χ1) is 18.9. The van der Waals surface area contributed by atoms with Gasteiger partial charge >= 0.3 is 0 Å². The largest absolute Gasteiger partial charge is 0.398 e. The summed E-state index contributed by atoms with van der Waals surface area (Å²) < 4.78 is 0. The number of unbranched alkanes of at least 4 members (excludes halogenated alkanes) is 1. The Labute approximate surface area is 256 Å². The van der Waals surface area contributed by atoms with E-state index in [0.29, 0.717) is 0 Å². The molecule has 0 aliphatic heterocycles. The van der Waals surface area contributed by atoms with Crippen LogP contribution in [0, 0.1) is 12.8 Å². The molecule has 0 unspecified atom stereocenters. The van der Waals surface area contributed by atoms with E-state index in [1.54, 1.807) is 0 Å². The predicted octanol–water partition coefficient (Wildman–Crippen LogP) is 14.0. The normalized spacial score (nSPS) is 8.82. The van der Waals surface area contributed by atoms with E-state index in [1.165, 1.54) is 48.8 Å². The highest BCUT2D eigenvalue weighted by Crippen LogP contribution is 2.12. The Balaban J connectivity index is -0.0000000676. The summed E-state index contributed by atoms with van der Waals surface area (Å²) in [4.78, 5) is 0. The molecule has 0 spiro atoms. The molecule has 0 aliphatic rings. The van der Waals surface area contributed by atoms with Crippen molar-refractivity contribution in [2.24, 2.45) is 11.7 Å². The predicted molar refractivity (Wildman–Crippen MR) is 196 cm³/mol. The van der Waals surface area contributed by atoms with Crippen LogP contribution in [-0.4, -0.2) is 0 Å². The molecule has 40 heavy (non-hydrogen) atoms. The molecule has 1 nitrogen and oxygen atoms in total. The van der Waals surface area contributed by atoms with Crippen molar-refractivity contribution >= 4 is 0 Å². The molecule has 1 heteroatoms. The van der Waals surface area contributed by atoms with Crippen LogP contribution in [0.5, 0.6) is 0 Å². The number of benzene rings is 1. The second kappa shape index (κ2) is 46.6. The van der Waals surface area contributed by atoms with E-state index in [2.05, 4.69) is 106 Å². The van der Waals surface area contributed by atoms with Gasteiger partial charge in [-0.05, 0) is 76.5 Å². The molecular weight excluding hydrogens is 482 g/mol. The van der Waals surface area contributed by atoms with Crippen LogP contribution < -0.4 is 5.73 Å². The molecule has 0 saturated carbocycles. The highest BCUT2D eigenvalue weighted by molar-refractivity contribution is 5.37. The molecule has 0 atom stereocenters. The summed E-state index contributed by atoms with van der Waals surface area (Å²) in [7, 11) is 0. The number of rotatable bonds is 8. The first-order valence-corrected chi connectivity index (χ1v) is 15.9. The van der Waals surface area contributed by atoms with E-state index in [4.69, 9.17) is 5.73 Å². The molecule has 0 bridgehead atoms. The minimum Gasteiger partial charge on any atom is -0.398 e. The van der Waals surface area contributed by atoms with Gasteiger partial charge in [0.2, 0.25) is 0 Å². The lowest BCUT2D eigenvalue weighted by Gasteiger charge is -2.05. The van der Waals surface area contributed by atoms with Crippen molar-refractivity contribution in [1.82, 2.24) is 0 Å². The van der Waals surface area contributed by atoms with Gasteiger partial charge in [0.05, 0.1) is 0 Å². The van der Waals surface area contributed by atoms with Crippen molar-refractivity contribution in [3.63, 3.8) is 0 Å². The quantitative estimate of drug-likeness (QED) is 0.249. The molecule has 238 valence electrons. The topological polar surface area (TPSA) is 26.0 Å². The molecule has 0 saturated heterocycles. The fraction of sp³-hybridized carbons (Fsp3) is 0.590. The van der Waals surface area contributed by atoms with Crippen LogP contribution in [0.1, 0.15) is 147 Å². The summed E-state index contributed by atoms with van der Waals surface area (Å²) in [5.41, 5.74) is 13.4. The Morgan fingerprint density at radius 1 is 0.725 bits per heavy atom. The molecule has 1 aromatic carbocycles. The first-order valence-electron chi connectivity index (χ1n) is 15.9. The van der Waals surface area contributed by atoms with Gasteiger partial charge in [0.25, 0.3) is 0 Å². The van der Waals surface area contributed by atoms with Crippen LogP contribution >= 0.6 is 0 Å². The second-order valence-corrected chi connectivity index (χ2v) is 8.92. The third kappa shape index (κ3) is 48.7. The molecule has 0 amide bonds. The smallest absolute Gasteiger partial charge is 0.0369 e. The highest BCUT2D eigenvalue weighted by Gasteiger charge is 1.97. The second-order valence-electron chi connectivity index (χ2n) is 8.92. The zero-order valence-corrected chi connectivity index (χ0v) is 30.7. The first kappa shape index (κ1) is 53.9. The Bertz CT molecular complexity index is 647. The number of aryl methyl sites for hydroxylation is 2. The van der Waals surface area contributed by atoms with Gasteiger partial charge in [-0.1, -0.05) is 150 Å². The SMILES string of the molecule is C=C.C=C(C)/C(C)=C(/N)C(=C)C.C=C(C)CCCC.CC.CC.CC.CCC(C)CC.CCc1ccc(C)cc1. The Kier molecular flexibility index (Phi) is 62.7. The van der Waals surface area contributed by atoms with Gasteiger partial charge in [0.15, 0.2) is 0 Å². The van der Waals surface area contributed by atoms with Crippen LogP contribution in [0.25, 0.3) is 0 Å². The maximum absolute atomic E-state index is 5.68. The van der Waals surface area contributed by atoms with Crippen molar-refractivity contribution in [3.8, 4) is 0 Å². The van der Waals surface area contributed by atoms with Gasteiger partial charge in [-0.2, -0.15) is 0 Å². The van der Waals surface area contributed by atoms with Crippen molar-refractivity contribution in [2.75, 3.05) is 0 Å². The third-order valence-electron chi connectivity index (χ3n) is 5.38. The summed E-state index contributed by atoms with van der Waals surface area (Å²) in [5, 5.41) is 0. The van der Waals surface area contributed by atoms with E-state index >= 15 is 0 Å². The van der Waals surface area contributed by atoms with Crippen LogP contribution in [0.4, 0.5) is 0 Å². The van der Waals surface area contributed by atoms with Crippen LogP contribution in [-0.2, 0) is 6.42 Å². The lowest BCUT2D eigenvalue weighted by molar-refractivity contribution is 0.544. The lowest BCUT2D eigenvalue weighted by atomic mass is 10.1. The van der Waals surface area contributed by atoms with Gasteiger partial charge in [0.1, 0.15) is 0 Å². The van der Waals surface area contributed by atoms with Gasteiger partial charge in [-0.15, -0.1) is 19.7 Å². The monoisotopic (exact) mass is 560 g/mol. The van der Waals surface area contributed by atoms with Crippen molar-refractivity contribution < 1.29 is 0 Å². The molecule has 0 heterocycles. The number of nitrogens with two attached hydrogens (primary N) is 1. The number of hydrogen-bond acceptors (Lipinski definition) is 1. The van der Waals surface area contributed by atoms with E-state index in [-0.39, 0.29) is 0 Å². The average Bonchev–Trinajstić information content (AvgIpc) is 3.00. The number of hydrogen-bond donors (Lipinski definition) is 1. The molecule has 0 fully saturated rings. The van der Waals surface area contributed by atoms with E-state index in [9.17, 15) is 0 Å². The molecule has 2 N–H and O–H groups in total. The van der Waals surface area contributed by atoms with Gasteiger partial charge in [0, 0.05) is 5.70 Å². The summed E-state index contributed by atoms with van der Waals surface area (Å²) >= 11 is 0. The van der Waals surface area contributed by atoms with Crippen LogP contribution in [0.15, 0.2) is 85.1 Å². The van der Waals surface area contributed by atoms with E-state index < -0.39 is 0 Å². The molecule has 0 radical (unpaired) electrons. The molecule has 0 aromatic heterocycles. The maximum Gasteiger partial charge on any atom is 0.0369 e. The summed E-state index contributed by atoms with van der Waals surface area (Å²) in [6.45, 7) is 50.4. The van der Waals surface area contributed by atoms with Gasteiger partial charge in [-0.25, -0.2) is 0 Å². The van der Waals surface area contributed by atoms with E-state index in [1.807, 2.05) is 62.3 Å². The Morgan fingerprint density at radius 3 is 1.25 bits per heavy atom. The summed E-state index contributed by atoms with van der Waals surface area (Å²) in [6, 6.07) is 8.66. The van der Waals surface area contributed by atoms with Crippen molar-refractivity contribution in [3.05, 3.63) is 96.3 Å². The van der Waals surface area contributed by atoms with Crippen molar-refractivity contribution in [2.45, 2.75) is 149 Å². The molecule has 0 aliphatic carbocycles. The molecule has 1 aromatic rings. The van der Waals surface area contributed by atoms with Crippen LogP contribution in [0.3, 0.4) is 0 Å². The third-order valence-corrected chi connectivity index (χ3v) is 5.38. The van der Waals surface area contributed by atoms with Crippen LogP contribution in [0.2, 0.25) is 0 Å². The van der Waals surface area contributed by atoms with Gasteiger partial charge < -0.3 is 5.73 Å². The standard InChI is InChI=1S/C9H15N.C9H12.C7H14.C6H14.3C2H6.C2H4/c1-6(2)8(5)9(10)7(3)4;1-3-9-6-4-8(2)5-7-9;1-4-5-6-7(2)3;1-4-6(3)5-2;4*1-2/h1,3,10H2,2,4-5H3;4-7H,3H2,1-2H3;2,4-6H2,1,3H3;6H,4-5H2,1-3H3;3*1-2H3;1-2H2/b9-8+;;;;;;;. The zero-order chi connectivity index (χ0) is 33.7. The molecule has 1 rings (SSSR count). The Morgan fingerprint density at radius 2 is 1.10 bits per heavy atom. The Hall–Kier alpha value is -2.28. The van der Waals surface area contributed by atoms with E-state index in [0.717, 1.165) is 34.8 Å². The minimum atomic E-state index is 0.757. The summed E-state index contributed by atoms with van der Waals surface area (Å²) in [6.07, 6.45) is 7.59. The van der Waals surface area contributed by atoms with Crippen molar-refractivity contribution in [1.29, 1.82) is 0 Å². The lowest BCUT2D eigenvalue weighted by Crippen LogP contribution is -2.01. The minimum absolute atomic E-state index is 0.757. The molecular formula is C39H77N. The van der Waals surface area contributed by atoms with Gasteiger partial charge in [-0.3, -0.25) is 0 Å².